The Morgan fingerprint density at radius 3 is 1.95 bits per heavy atom. The Hall–Kier alpha value is -2.35. The summed E-state index contributed by atoms with van der Waals surface area (Å²) < 4.78 is 1.73. The fourth-order valence-electron chi connectivity index (χ4n) is 2.55. The molecule has 0 aliphatic heterocycles. The highest BCUT2D eigenvalue weighted by molar-refractivity contribution is 5.97. The van der Waals surface area contributed by atoms with E-state index in [9.17, 15) is 4.79 Å². The average Bonchev–Trinajstić information content (AvgIpc) is 2.56. The highest BCUT2D eigenvalue weighted by atomic mass is 16.1. The molecule has 0 aliphatic rings. The van der Waals surface area contributed by atoms with Crippen molar-refractivity contribution in [2.24, 2.45) is 7.05 Å². The Morgan fingerprint density at radius 1 is 0.810 bits per heavy atom. The summed E-state index contributed by atoms with van der Waals surface area (Å²) in [6.45, 7) is 6.00. The van der Waals surface area contributed by atoms with Gasteiger partial charge in [0.15, 0.2) is 0 Å². The SMILES string of the molecule is CC.Cc1c(-c2ccccc2)c2ccccc2c(=O)n1C. The Bertz CT molecular complexity index is 801. The molecule has 0 saturated carbocycles. The quantitative estimate of drug-likeness (QED) is 0.641. The first-order valence-corrected chi connectivity index (χ1v) is 7.34. The van der Waals surface area contributed by atoms with Gasteiger partial charge in [0.25, 0.3) is 5.56 Å². The van der Waals surface area contributed by atoms with Crippen molar-refractivity contribution in [2.75, 3.05) is 0 Å². The highest BCUT2D eigenvalue weighted by Gasteiger charge is 2.12. The maximum Gasteiger partial charge on any atom is 0.258 e. The molecular formula is C19H21NO. The molecule has 0 unspecified atom stereocenters. The molecule has 0 radical (unpaired) electrons. The molecule has 3 aromatic rings. The molecule has 3 rings (SSSR count). The second-order valence-electron chi connectivity index (χ2n) is 4.74. The highest BCUT2D eigenvalue weighted by Crippen LogP contribution is 2.29. The fourth-order valence-corrected chi connectivity index (χ4v) is 2.55. The van der Waals surface area contributed by atoms with E-state index in [1.807, 2.05) is 70.3 Å². The molecular weight excluding hydrogens is 258 g/mol. The predicted molar refractivity (Wildman–Crippen MR) is 90.7 cm³/mol. The number of benzene rings is 2. The van der Waals surface area contributed by atoms with E-state index in [0.29, 0.717) is 0 Å². The van der Waals surface area contributed by atoms with Gasteiger partial charge in [-0.3, -0.25) is 4.79 Å². The van der Waals surface area contributed by atoms with Gasteiger partial charge >= 0.3 is 0 Å². The average molecular weight is 279 g/mol. The minimum absolute atomic E-state index is 0.0628. The number of rotatable bonds is 1. The third-order valence-electron chi connectivity index (χ3n) is 3.66. The number of pyridine rings is 1. The van der Waals surface area contributed by atoms with Gasteiger partial charge < -0.3 is 4.57 Å². The third kappa shape index (κ3) is 2.62. The van der Waals surface area contributed by atoms with Gasteiger partial charge in [-0.25, -0.2) is 0 Å². The van der Waals surface area contributed by atoms with Gasteiger partial charge in [0.1, 0.15) is 0 Å². The van der Waals surface area contributed by atoms with Crippen LogP contribution in [0.1, 0.15) is 19.5 Å². The van der Waals surface area contributed by atoms with Crippen molar-refractivity contribution in [1.29, 1.82) is 0 Å². The van der Waals surface area contributed by atoms with Crippen molar-refractivity contribution in [3.05, 3.63) is 70.6 Å². The minimum atomic E-state index is 0.0628. The first-order chi connectivity index (χ1) is 10.2. The van der Waals surface area contributed by atoms with Crippen molar-refractivity contribution < 1.29 is 0 Å². The Labute approximate surface area is 125 Å². The van der Waals surface area contributed by atoms with Crippen LogP contribution < -0.4 is 5.56 Å². The summed E-state index contributed by atoms with van der Waals surface area (Å²) in [4.78, 5) is 12.3. The van der Waals surface area contributed by atoms with Crippen LogP contribution in [0, 0.1) is 6.92 Å². The monoisotopic (exact) mass is 279 g/mol. The van der Waals surface area contributed by atoms with Crippen LogP contribution in [-0.2, 0) is 7.05 Å². The molecule has 0 atom stereocenters. The van der Waals surface area contributed by atoms with Crippen LogP contribution in [0.2, 0.25) is 0 Å². The van der Waals surface area contributed by atoms with E-state index in [-0.39, 0.29) is 5.56 Å². The molecule has 0 spiro atoms. The number of aromatic nitrogens is 1. The van der Waals surface area contributed by atoms with Crippen molar-refractivity contribution in [1.82, 2.24) is 4.57 Å². The Kier molecular flexibility index (Phi) is 4.59. The van der Waals surface area contributed by atoms with Crippen molar-refractivity contribution in [3.63, 3.8) is 0 Å². The predicted octanol–water partition coefficient (Wildman–Crippen LogP) is 4.54. The molecule has 0 aliphatic carbocycles. The van der Waals surface area contributed by atoms with E-state index < -0.39 is 0 Å². The fraction of sp³-hybridized carbons (Fsp3) is 0.211. The lowest BCUT2D eigenvalue weighted by Gasteiger charge is -2.14. The van der Waals surface area contributed by atoms with Crippen LogP contribution in [0.3, 0.4) is 0 Å². The van der Waals surface area contributed by atoms with Crippen molar-refractivity contribution in [3.8, 4) is 11.1 Å². The maximum atomic E-state index is 12.3. The molecule has 1 aromatic heterocycles. The molecule has 1 heterocycles. The minimum Gasteiger partial charge on any atom is -0.315 e. The Morgan fingerprint density at radius 2 is 1.33 bits per heavy atom. The number of hydrogen-bond donors (Lipinski definition) is 0. The van der Waals surface area contributed by atoms with Crippen molar-refractivity contribution >= 4 is 10.8 Å². The topological polar surface area (TPSA) is 22.0 Å². The van der Waals surface area contributed by atoms with Gasteiger partial charge in [-0.1, -0.05) is 62.4 Å². The lowest BCUT2D eigenvalue weighted by atomic mass is 9.97. The zero-order chi connectivity index (χ0) is 15.4. The number of fused-ring (bicyclic) bond motifs is 1. The first kappa shape index (κ1) is 15.0. The van der Waals surface area contributed by atoms with E-state index in [1.165, 1.54) is 0 Å². The Balaban J connectivity index is 0.000000774. The molecule has 0 saturated heterocycles. The molecule has 2 aromatic carbocycles. The zero-order valence-corrected chi connectivity index (χ0v) is 13.1. The van der Waals surface area contributed by atoms with E-state index in [2.05, 4.69) is 12.1 Å². The standard InChI is InChI=1S/C17H15NO.C2H6/c1-12-16(13-8-4-3-5-9-13)14-10-6-7-11-15(14)17(19)18(12)2;1-2/h3-11H,1-2H3;1-2H3. The van der Waals surface area contributed by atoms with Crippen LogP contribution in [0.25, 0.3) is 21.9 Å². The number of hydrogen-bond acceptors (Lipinski definition) is 1. The van der Waals surface area contributed by atoms with Crippen LogP contribution in [0.15, 0.2) is 59.4 Å². The molecule has 0 fully saturated rings. The lowest BCUT2D eigenvalue weighted by Crippen LogP contribution is -2.20. The van der Waals surface area contributed by atoms with Gasteiger partial charge in [0.2, 0.25) is 0 Å². The number of nitrogens with zero attached hydrogens (tertiary/aromatic N) is 1. The van der Waals surface area contributed by atoms with Gasteiger partial charge in [-0.15, -0.1) is 0 Å². The second kappa shape index (κ2) is 6.40. The molecule has 0 amide bonds. The van der Waals surface area contributed by atoms with E-state index in [4.69, 9.17) is 0 Å². The van der Waals surface area contributed by atoms with Gasteiger partial charge in [0, 0.05) is 23.7 Å². The van der Waals surface area contributed by atoms with E-state index in [1.54, 1.807) is 4.57 Å². The zero-order valence-electron chi connectivity index (χ0n) is 13.1. The van der Waals surface area contributed by atoms with Gasteiger partial charge in [0.05, 0.1) is 0 Å². The lowest BCUT2D eigenvalue weighted by molar-refractivity contribution is 0.833. The van der Waals surface area contributed by atoms with Crippen LogP contribution >= 0.6 is 0 Å². The van der Waals surface area contributed by atoms with Gasteiger partial charge in [-0.2, -0.15) is 0 Å². The smallest absolute Gasteiger partial charge is 0.258 e. The maximum absolute atomic E-state index is 12.3. The third-order valence-corrected chi connectivity index (χ3v) is 3.66. The van der Waals surface area contributed by atoms with E-state index >= 15 is 0 Å². The van der Waals surface area contributed by atoms with Crippen LogP contribution in [-0.4, -0.2) is 4.57 Å². The van der Waals surface area contributed by atoms with Gasteiger partial charge in [-0.05, 0) is 23.9 Å². The molecule has 0 N–H and O–H groups in total. The summed E-state index contributed by atoms with van der Waals surface area (Å²) in [7, 11) is 1.83. The summed E-state index contributed by atoms with van der Waals surface area (Å²) in [5.41, 5.74) is 3.34. The summed E-state index contributed by atoms with van der Waals surface area (Å²) in [5, 5.41) is 1.80. The summed E-state index contributed by atoms with van der Waals surface area (Å²) >= 11 is 0. The summed E-state index contributed by atoms with van der Waals surface area (Å²) in [6, 6.07) is 18.0. The molecule has 21 heavy (non-hydrogen) atoms. The molecule has 2 nitrogen and oxygen atoms in total. The second-order valence-corrected chi connectivity index (χ2v) is 4.74. The van der Waals surface area contributed by atoms with Crippen molar-refractivity contribution in [2.45, 2.75) is 20.8 Å². The van der Waals surface area contributed by atoms with E-state index in [0.717, 1.165) is 27.6 Å². The first-order valence-electron chi connectivity index (χ1n) is 7.34. The summed E-state index contributed by atoms with van der Waals surface area (Å²) in [5.74, 6) is 0. The normalized spacial score (nSPS) is 10.1. The molecule has 108 valence electrons. The molecule has 0 bridgehead atoms. The summed E-state index contributed by atoms with van der Waals surface area (Å²) in [6.07, 6.45) is 0. The molecule has 2 heteroatoms. The van der Waals surface area contributed by atoms with Crippen LogP contribution in [0.4, 0.5) is 0 Å². The van der Waals surface area contributed by atoms with Crippen LogP contribution in [0.5, 0.6) is 0 Å². The largest absolute Gasteiger partial charge is 0.315 e.